The number of hydrogen-bond acceptors (Lipinski definition) is 5. The normalized spacial score (nSPS) is 15.0. The highest BCUT2D eigenvalue weighted by atomic mass is 16.7. The number of nitrogens with one attached hydrogen (secondary N) is 1. The van der Waals surface area contributed by atoms with Gasteiger partial charge in [-0.05, 0) is 31.0 Å². The van der Waals surface area contributed by atoms with Crippen LogP contribution < -0.4 is 14.8 Å². The fourth-order valence-corrected chi connectivity index (χ4v) is 4.28. The Bertz CT molecular complexity index is 1020. The molecule has 0 radical (unpaired) electrons. The van der Waals surface area contributed by atoms with Crippen molar-refractivity contribution >= 4 is 23.1 Å². The SMILES string of the molecule is COc1ccccc1CNc1nc2cc(OC(=O)O)ccc2n1C1CCCCCC1. The smallest absolute Gasteiger partial charge is 0.496 e. The monoisotopic (exact) mass is 409 g/mol. The van der Waals surface area contributed by atoms with E-state index in [1.807, 2.05) is 30.3 Å². The van der Waals surface area contributed by atoms with Crippen molar-refractivity contribution in [2.75, 3.05) is 12.4 Å². The average molecular weight is 409 g/mol. The summed E-state index contributed by atoms with van der Waals surface area (Å²) in [5, 5.41) is 12.4. The first-order valence-electron chi connectivity index (χ1n) is 10.4. The van der Waals surface area contributed by atoms with Crippen molar-refractivity contribution in [3.05, 3.63) is 48.0 Å². The number of methoxy groups -OCH3 is 1. The predicted octanol–water partition coefficient (Wildman–Crippen LogP) is 5.61. The van der Waals surface area contributed by atoms with Crippen molar-refractivity contribution in [2.45, 2.75) is 51.1 Å². The maximum Gasteiger partial charge on any atom is 0.511 e. The van der Waals surface area contributed by atoms with Gasteiger partial charge in [0.25, 0.3) is 0 Å². The number of imidazole rings is 1. The molecule has 1 aliphatic rings. The molecule has 7 heteroatoms. The Morgan fingerprint density at radius 1 is 1.17 bits per heavy atom. The van der Waals surface area contributed by atoms with E-state index in [0.29, 0.717) is 12.6 Å². The van der Waals surface area contributed by atoms with Gasteiger partial charge in [-0.25, -0.2) is 9.78 Å². The minimum atomic E-state index is -1.33. The van der Waals surface area contributed by atoms with Gasteiger partial charge in [0.05, 0.1) is 18.1 Å². The molecule has 4 rings (SSSR count). The number of carboxylic acid groups (broad SMARTS) is 1. The van der Waals surface area contributed by atoms with E-state index in [-0.39, 0.29) is 5.75 Å². The highest BCUT2D eigenvalue weighted by molar-refractivity contribution is 5.81. The molecule has 1 fully saturated rings. The number of ether oxygens (including phenoxy) is 2. The van der Waals surface area contributed by atoms with Crippen LogP contribution in [0.25, 0.3) is 11.0 Å². The van der Waals surface area contributed by atoms with Gasteiger partial charge >= 0.3 is 6.16 Å². The van der Waals surface area contributed by atoms with E-state index in [2.05, 4.69) is 9.88 Å². The number of anilines is 1. The van der Waals surface area contributed by atoms with Crippen LogP contribution >= 0.6 is 0 Å². The zero-order valence-electron chi connectivity index (χ0n) is 17.1. The number of aromatic nitrogens is 2. The molecule has 0 atom stereocenters. The highest BCUT2D eigenvalue weighted by Crippen LogP contribution is 2.35. The maximum atomic E-state index is 10.9. The fourth-order valence-electron chi connectivity index (χ4n) is 4.28. The molecule has 0 spiro atoms. The zero-order valence-corrected chi connectivity index (χ0v) is 17.1. The largest absolute Gasteiger partial charge is 0.511 e. The van der Waals surface area contributed by atoms with E-state index in [1.165, 1.54) is 25.7 Å². The van der Waals surface area contributed by atoms with Gasteiger partial charge in [-0.15, -0.1) is 0 Å². The van der Waals surface area contributed by atoms with Gasteiger partial charge in [0.15, 0.2) is 0 Å². The Kier molecular flexibility index (Phi) is 6.07. The summed E-state index contributed by atoms with van der Waals surface area (Å²) < 4.78 is 12.6. The number of nitrogens with zero attached hydrogens (tertiary/aromatic N) is 2. The minimum Gasteiger partial charge on any atom is -0.496 e. The molecule has 0 unspecified atom stereocenters. The lowest BCUT2D eigenvalue weighted by atomic mass is 10.1. The predicted molar refractivity (Wildman–Crippen MR) is 115 cm³/mol. The van der Waals surface area contributed by atoms with Crippen LogP contribution in [0.2, 0.25) is 0 Å². The van der Waals surface area contributed by atoms with Gasteiger partial charge in [-0.2, -0.15) is 0 Å². The molecule has 0 bridgehead atoms. The Balaban J connectivity index is 1.70. The molecule has 2 N–H and O–H groups in total. The van der Waals surface area contributed by atoms with Crippen molar-refractivity contribution in [1.29, 1.82) is 0 Å². The second-order valence-electron chi connectivity index (χ2n) is 7.63. The third kappa shape index (κ3) is 4.35. The van der Waals surface area contributed by atoms with Gasteiger partial charge in [0.2, 0.25) is 5.95 Å². The Morgan fingerprint density at radius 3 is 2.67 bits per heavy atom. The summed E-state index contributed by atoms with van der Waals surface area (Å²) in [5.74, 6) is 1.89. The number of benzene rings is 2. The summed E-state index contributed by atoms with van der Waals surface area (Å²) in [6, 6.07) is 13.6. The summed E-state index contributed by atoms with van der Waals surface area (Å²) in [4.78, 5) is 15.7. The van der Waals surface area contributed by atoms with E-state index in [0.717, 1.165) is 41.1 Å². The summed E-state index contributed by atoms with van der Waals surface area (Å²) in [5.41, 5.74) is 2.76. The van der Waals surface area contributed by atoms with Gasteiger partial charge in [0, 0.05) is 24.2 Å². The van der Waals surface area contributed by atoms with Crippen molar-refractivity contribution < 1.29 is 19.4 Å². The molecule has 1 heterocycles. The first kappa shape index (κ1) is 20.1. The first-order chi connectivity index (χ1) is 14.7. The average Bonchev–Trinajstić information content (AvgIpc) is 2.90. The zero-order chi connectivity index (χ0) is 20.9. The third-order valence-corrected chi connectivity index (χ3v) is 5.69. The van der Waals surface area contributed by atoms with E-state index < -0.39 is 6.16 Å². The van der Waals surface area contributed by atoms with Gasteiger partial charge in [-0.1, -0.05) is 43.9 Å². The van der Waals surface area contributed by atoms with Crippen molar-refractivity contribution in [3.8, 4) is 11.5 Å². The first-order valence-corrected chi connectivity index (χ1v) is 10.4. The molecule has 3 aromatic rings. The van der Waals surface area contributed by atoms with Crippen LogP contribution in [0.3, 0.4) is 0 Å². The van der Waals surface area contributed by atoms with Crippen LogP contribution in [-0.4, -0.2) is 27.9 Å². The molecule has 1 aromatic heterocycles. The van der Waals surface area contributed by atoms with Crippen LogP contribution in [0.1, 0.15) is 50.1 Å². The van der Waals surface area contributed by atoms with Crippen LogP contribution in [0.5, 0.6) is 11.5 Å². The van der Waals surface area contributed by atoms with E-state index in [9.17, 15) is 4.79 Å². The molecule has 30 heavy (non-hydrogen) atoms. The van der Waals surface area contributed by atoms with Crippen LogP contribution in [0.4, 0.5) is 10.7 Å². The van der Waals surface area contributed by atoms with Gasteiger partial charge < -0.3 is 24.5 Å². The van der Waals surface area contributed by atoms with E-state index in [4.69, 9.17) is 19.6 Å². The maximum absolute atomic E-state index is 10.9. The van der Waals surface area contributed by atoms with E-state index in [1.54, 1.807) is 19.2 Å². The van der Waals surface area contributed by atoms with Crippen molar-refractivity contribution in [3.63, 3.8) is 0 Å². The molecule has 158 valence electrons. The molecule has 7 nitrogen and oxygen atoms in total. The number of carbonyl (C=O) groups is 1. The second-order valence-corrected chi connectivity index (χ2v) is 7.63. The fraction of sp³-hybridized carbons (Fsp3) is 0.391. The summed E-state index contributed by atoms with van der Waals surface area (Å²) in [6.07, 6.45) is 5.84. The quantitative estimate of drug-likeness (QED) is 0.313. The Hall–Kier alpha value is -3.22. The van der Waals surface area contributed by atoms with Crippen LogP contribution in [-0.2, 0) is 6.54 Å². The molecular weight excluding hydrogens is 382 g/mol. The number of para-hydroxylation sites is 1. The molecule has 0 aliphatic heterocycles. The summed E-state index contributed by atoms with van der Waals surface area (Å²) in [7, 11) is 1.67. The van der Waals surface area contributed by atoms with Crippen LogP contribution in [0, 0.1) is 0 Å². The molecule has 0 amide bonds. The molecule has 2 aromatic carbocycles. The van der Waals surface area contributed by atoms with E-state index >= 15 is 0 Å². The number of fused-ring (bicyclic) bond motifs is 1. The standard InChI is InChI=1S/C23H27N3O4/c1-29-21-11-7-6-8-16(21)15-24-22-25-19-14-18(30-23(27)28)12-13-20(19)26(22)17-9-4-2-3-5-10-17/h6-8,11-14,17H,2-5,9-10,15H2,1H3,(H,24,25)(H,27,28). The van der Waals surface area contributed by atoms with Crippen molar-refractivity contribution in [2.24, 2.45) is 0 Å². The Labute approximate surface area is 175 Å². The van der Waals surface area contributed by atoms with Gasteiger partial charge in [0.1, 0.15) is 11.5 Å². The van der Waals surface area contributed by atoms with Crippen LogP contribution in [0.15, 0.2) is 42.5 Å². The highest BCUT2D eigenvalue weighted by Gasteiger charge is 2.21. The molecule has 1 aliphatic carbocycles. The lowest BCUT2D eigenvalue weighted by Gasteiger charge is -2.21. The number of hydrogen-bond donors (Lipinski definition) is 2. The molecule has 1 saturated carbocycles. The van der Waals surface area contributed by atoms with Crippen molar-refractivity contribution in [1.82, 2.24) is 9.55 Å². The third-order valence-electron chi connectivity index (χ3n) is 5.69. The Morgan fingerprint density at radius 2 is 1.93 bits per heavy atom. The molecular formula is C23H27N3O4. The van der Waals surface area contributed by atoms with Gasteiger partial charge in [-0.3, -0.25) is 0 Å². The lowest BCUT2D eigenvalue weighted by molar-refractivity contribution is 0.144. The summed E-state index contributed by atoms with van der Waals surface area (Å²) >= 11 is 0. The second kappa shape index (κ2) is 9.07. The minimum absolute atomic E-state index is 0.275. The molecule has 0 saturated heterocycles. The lowest BCUT2D eigenvalue weighted by Crippen LogP contribution is -2.13. The topological polar surface area (TPSA) is 85.6 Å². The number of rotatable bonds is 6. The summed E-state index contributed by atoms with van der Waals surface area (Å²) in [6.45, 7) is 0.582.